The molecule has 0 bridgehead atoms. The van der Waals surface area contributed by atoms with Gasteiger partial charge in [-0.05, 0) is 12.1 Å². The summed E-state index contributed by atoms with van der Waals surface area (Å²) in [6.45, 7) is 0. The predicted molar refractivity (Wildman–Crippen MR) is 102 cm³/mol. The van der Waals surface area contributed by atoms with Gasteiger partial charge < -0.3 is 5.32 Å². The van der Waals surface area contributed by atoms with Crippen LogP contribution in [0.1, 0.15) is 0 Å². The summed E-state index contributed by atoms with van der Waals surface area (Å²) in [5.74, 6) is -0.0275. The van der Waals surface area contributed by atoms with Crippen LogP contribution in [0.5, 0.6) is 0 Å². The molecule has 0 amide bonds. The van der Waals surface area contributed by atoms with Gasteiger partial charge in [-0.25, -0.2) is 19.3 Å². The number of para-hydroxylation sites is 1. The number of fused-ring (bicyclic) bond motifs is 3. The smallest absolute Gasteiger partial charge is 0.295 e. The second-order valence-electron chi connectivity index (χ2n) is 6.19. The van der Waals surface area contributed by atoms with E-state index in [1.54, 1.807) is 36.3 Å². The summed E-state index contributed by atoms with van der Waals surface area (Å²) in [7, 11) is 1.78. The lowest BCUT2D eigenvalue weighted by molar-refractivity contribution is 0.636. The number of halogens is 1. The fourth-order valence-electron chi connectivity index (χ4n) is 2.92. The van der Waals surface area contributed by atoms with Crippen molar-refractivity contribution in [2.24, 2.45) is 7.05 Å². The van der Waals surface area contributed by atoms with Crippen LogP contribution in [-0.2, 0) is 7.05 Å². The molecule has 1 aromatic carbocycles. The molecule has 0 radical (unpaired) electrons. The van der Waals surface area contributed by atoms with Crippen LogP contribution in [-0.4, -0.2) is 39.3 Å². The van der Waals surface area contributed by atoms with Gasteiger partial charge in [-0.1, -0.05) is 6.07 Å². The molecule has 4 aromatic heterocycles. The van der Waals surface area contributed by atoms with E-state index in [1.807, 2.05) is 0 Å². The highest BCUT2D eigenvalue weighted by molar-refractivity contribution is 5.93. The van der Waals surface area contributed by atoms with Crippen LogP contribution in [0.15, 0.2) is 54.0 Å². The molecule has 29 heavy (non-hydrogen) atoms. The van der Waals surface area contributed by atoms with Crippen molar-refractivity contribution in [2.45, 2.75) is 0 Å². The molecule has 5 aromatic rings. The maximum absolute atomic E-state index is 14.5. The van der Waals surface area contributed by atoms with Crippen molar-refractivity contribution < 1.29 is 4.39 Å². The van der Waals surface area contributed by atoms with Crippen molar-refractivity contribution in [1.82, 2.24) is 39.3 Å². The summed E-state index contributed by atoms with van der Waals surface area (Å²) in [6, 6.07) is 4.58. The van der Waals surface area contributed by atoms with Crippen LogP contribution in [0.25, 0.3) is 27.9 Å². The first-order chi connectivity index (χ1) is 14.1. The zero-order valence-electron chi connectivity index (χ0n) is 15.0. The van der Waals surface area contributed by atoms with Gasteiger partial charge in [-0.3, -0.25) is 14.5 Å². The van der Waals surface area contributed by atoms with Crippen LogP contribution in [0.4, 0.5) is 16.0 Å². The molecule has 0 aliphatic carbocycles. The first-order valence-corrected chi connectivity index (χ1v) is 8.51. The second kappa shape index (κ2) is 6.41. The van der Waals surface area contributed by atoms with Crippen molar-refractivity contribution in [3.63, 3.8) is 0 Å². The first-order valence-electron chi connectivity index (χ1n) is 8.51. The minimum Gasteiger partial charge on any atom is -0.318 e. The summed E-state index contributed by atoms with van der Waals surface area (Å²) >= 11 is 0. The third-order valence-corrected chi connectivity index (χ3v) is 4.24. The fourth-order valence-corrected chi connectivity index (χ4v) is 2.92. The number of hydrogen-bond acceptors (Lipinski definition) is 8. The lowest BCUT2D eigenvalue weighted by Gasteiger charge is -2.07. The molecule has 11 heteroatoms. The summed E-state index contributed by atoms with van der Waals surface area (Å²) in [6.07, 6.45) is 7.36. The molecule has 4 heterocycles. The first kappa shape index (κ1) is 16.9. The monoisotopic (exact) mass is 389 g/mol. The molecule has 142 valence electrons. The highest BCUT2D eigenvalue weighted by Gasteiger charge is 2.18. The van der Waals surface area contributed by atoms with E-state index in [0.29, 0.717) is 22.4 Å². The molecule has 0 unspecified atom stereocenters. The Kier molecular flexibility index (Phi) is 3.72. The highest BCUT2D eigenvalue weighted by atomic mass is 19.1. The molecule has 0 saturated heterocycles. The molecular formula is C18H12FN9O. The Labute approximate surface area is 161 Å². The minimum atomic E-state index is -0.543. The maximum atomic E-state index is 14.5. The summed E-state index contributed by atoms with van der Waals surface area (Å²) in [5.41, 5.74) is 0.688. The number of benzene rings is 1. The Bertz CT molecular complexity index is 1440. The zero-order chi connectivity index (χ0) is 20.0. The Morgan fingerprint density at radius 3 is 2.86 bits per heavy atom. The Hall–Kier alpha value is -4.28. The molecule has 5 rings (SSSR count). The molecular weight excluding hydrogens is 377 g/mol. The van der Waals surface area contributed by atoms with Crippen LogP contribution in [0, 0.1) is 5.82 Å². The Morgan fingerprint density at radius 2 is 2.03 bits per heavy atom. The van der Waals surface area contributed by atoms with Gasteiger partial charge in [-0.2, -0.15) is 9.61 Å². The summed E-state index contributed by atoms with van der Waals surface area (Å²) in [4.78, 5) is 28.7. The van der Waals surface area contributed by atoms with E-state index in [-0.39, 0.29) is 17.2 Å². The lowest BCUT2D eigenvalue weighted by atomic mass is 10.2. The van der Waals surface area contributed by atoms with Crippen LogP contribution >= 0.6 is 0 Å². The number of aryl methyl sites for hydroxylation is 1. The molecule has 0 aliphatic heterocycles. The average Bonchev–Trinajstić information content (AvgIpc) is 3.29. The van der Waals surface area contributed by atoms with Crippen molar-refractivity contribution in [1.29, 1.82) is 0 Å². The standard InChI is InChI=1S/C18H12FN9O/c1-27-9-10(7-22-27)15-25-16-11-3-2-4-12(19)14(11)24-18(28(16)26-15)23-13-8-20-5-6-21-17(13)29/h2-9H,1H3,(H,21,23,24,29). The van der Waals surface area contributed by atoms with Gasteiger partial charge in [0.25, 0.3) is 5.56 Å². The van der Waals surface area contributed by atoms with E-state index < -0.39 is 11.4 Å². The van der Waals surface area contributed by atoms with Crippen molar-refractivity contribution in [2.75, 3.05) is 5.32 Å². The topological polar surface area (TPSA) is 116 Å². The molecule has 0 atom stereocenters. The predicted octanol–water partition coefficient (Wildman–Crippen LogP) is 1.71. The molecule has 0 saturated carbocycles. The lowest BCUT2D eigenvalue weighted by Crippen LogP contribution is -2.12. The van der Waals surface area contributed by atoms with E-state index >= 15 is 0 Å². The molecule has 0 fully saturated rings. The largest absolute Gasteiger partial charge is 0.318 e. The van der Waals surface area contributed by atoms with Crippen molar-refractivity contribution in [3.8, 4) is 11.4 Å². The number of anilines is 2. The minimum absolute atomic E-state index is 0.0675. The summed E-state index contributed by atoms with van der Waals surface area (Å²) < 4.78 is 17.5. The maximum Gasteiger partial charge on any atom is 0.295 e. The van der Waals surface area contributed by atoms with E-state index in [9.17, 15) is 9.18 Å². The molecule has 10 nitrogen and oxygen atoms in total. The highest BCUT2D eigenvalue weighted by Crippen LogP contribution is 2.26. The SMILES string of the molecule is Cn1cc(-c2nc3c4cccc(F)c4nc(Nc4cnccnc4=O)n3n2)cn1. The van der Waals surface area contributed by atoms with Gasteiger partial charge in [0, 0.05) is 31.0 Å². The van der Waals surface area contributed by atoms with Crippen LogP contribution < -0.4 is 10.9 Å². The quantitative estimate of drug-likeness (QED) is 0.496. The van der Waals surface area contributed by atoms with Crippen molar-refractivity contribution >= 4 is 28.2 Å². The molecule has 1 N–H and O–H groups in total. The van der Waals surface area contributed by atoms with E-state index in [0.717, 1.165) is 0 Å². The van der Waals surface area contributed by atoms with Crippen LogP contribution in [0.2, 0.25) is 0 Å². The average molecular weight is 389 g/mol. The van der Waals surface area contributed by atoms with Crippen LogP contribution in [0.3, 0.4) is 0 Å². The van der Waals surface area contributed by atoms with E-state index in [1.165, 1.54) is 29.2 Å². The Morgan fingerprint density at radius 1 is 1.14 bits per heavy atom. The van der Waals surface area contributed by atoms with Crippen molar-refractivity contribution in [3.05, 3.63) is 65.4 Å². The number of aromatic nitrogens is 8. The third-order valence-electron chi connectivity index (χ3n) is 4.24. The number of nitrogens with zero attached hydrogens (tertiary/aromatic N) is 8. The fraction of sp³-hybridized carbons (Fsp3) is 0.0556. The second-order valence-corrected chi connectivity index (χ2v) is 6.19. The van der Waals surface area contributed by atoms with Gasteiger partial charge >= 0.3 is 0 Å². The number of rotatable bonds is 3. The Balaban J connectivity index is 1.79. The van der Waals surface area contributed by atoms with E-state index in [2.05, 4.69) is 35.5 Å². The van der Waals surface area contributed by atoms with Gasteiger partial charge in [0.15, 0.2) is 11.5 Å². The van der Waals surface area contributed by atoms with Gasteiger partial charge in [-0.15, -0.1) is 5.10 Å². The normalized spacial score (nSPS) is 11.2. The number of nitrogens with one attached hydrogen (secondary N) is 1. The van der Waals surface area contributed by atoms with E-state index in [4.69, 9.17) is 0 Å². The molecule has 0 spiro atoms. The van der Waals surface area contributed by atoms with Gasteiger partial charge in [0.05, 0.1) is 18.0 Å². The van der Waals surface area contributed by atoms with Gasteiger partial charge in [0.1, 0.15) is 17.0 Å². The zero-order valence-corrected chi connectivity index (χ0v) is 15.0. The summed E-state index contributed by atoms with van der Waals surface area (Å²) in [5, 5.41) is 11.9. The van der Waals surface area contributed by atoms with Gasteiger partial charge in [0.2, 0.25) is 5.95 Å². The third kappa shape index (κ3) is 2.84. The number of hydrogen-bond donors (Lipinski definition) is 1. The molecule has 0 aliphatic rings.